The molecule has 1 amide bonds. The summed E-state index contributed by atoms with van der Waals surface area (Å²) in [7, 11) is 1.75. The van der Waals surface area contributed by atoms with Gasteiger partial charge >= 0.3 is 0 Å². The normalized spacial score (nSPS) is 21.6. The molecule has 1 atom stereocenters. The van der Waals surface area contributed by atoms with Gasteiger partial charge in [0, 0.05) is 13.6 Å². The molecule has 1 heterocycles. The molecule has 1 aliphatic rings. The summed E-state index contributed by atoms with van der Waals surface area (Å²) in [6.45, 7) is 7.09. The van der Waals surface area contributed by atoms with Crippen molar-refractivity contribution in [2.24, 2.45) is 18.4 Å². The molecule has 106 valence electrons. The van der Waals surface area contributed by atoms with Crippen LogP contribution >= 0.6 is 0 Å². The smallest absolute Gasteiger partial charge is 0.256 e. The Morgan fingerprint density at radius 2 is 2.26 bits per heavy atom. The fraction of sp³-hybridized carbons (Fsp3) is 0.714. The molecule has 1 aliphatic carbocycles. The predicted octanol–water partition coefficient (Wildman–Crippen LogP) is 1.87. The van der Waals surface area contributed by atoms with Crippen molar-refractivity contribution in [1.29, 1.82) is 0 Å². The molecule has 2 rings (SSSR count). The highest BCUT2D eigenvalue weighted by Gasteiger charge is 2.34. The first-order valence-corrected chi connectivity index (χ1v) is 6.90. The van der Waals surface area contributed by atoms with E-state index in [0.29, 0.717) is 28.4 Å². The van der Waals surface area contributed by atoms with E-state index in [-0.39, 0.29) is 5.91 Å². The maximum Gasteiger partial charge on any atom is 0.256 e. The monoisotopic (exact) mass is 264 g/mol. The summed E-state index contributed by atoms with van der Waals surface area (Å²) in [5, 5.41) is 7.19. The Labute approximate surface area is 114 Å². The molecule has 1 aromatic heterocycles. The minimum absolute atomic E-state index is 0.106. The van der Waals surface area contributed by atoms with Gasteiger partial charge in [-0.2, -0.15) is 5.10 Å². The van der Waals surface area contributed by atoms with Gasteiger partial charge < -0.3 is 11.1 Å². The molecule has 19 heavy (non-hydrogen) atoms. The molecule has 0 spiro atoms. The summed E-state index contributed by atoms with van der Waals surface area (Å²) in [6, 6.07) is 0. The Kier molecular flexibility index (Phi) is 3.56. The molecule has 0 aromatic carbocycles. The first-order valence-electron chi connectivity index (χ1n) is 6.90. The topological polar surface area (TPSA) is 72.9 Å². The maximum atomic E-state index is 12.2. The summed E-state index contributed by atoms with van der Waals surface area (Å²) in [6.07, 6.45) is 3.68. The van der Waals surface area contributed by atoms with Gasteiger partial charge in [-0.05, 0) is 31.1 Å². The second-order valence-corrected chi connectivity index (χ2v) is 6.26. The Morgan fingerprint density at radius 1 is 1.58 bits per heavy atom. The lowest BCUT2D eigenvalue weighted by Gasteiger charge is -2.27. The maximum absolute atomic E-state index is 12.2. The van der Waals surface area contributed by atoms with Gasteiger partial charge in [-0.25, -0.2) is 0 Å². The van der Waals surface area contributed by atoms with E-state index >= 15 is 0 Å². The van der Waals surface area contributed by atoms with Gasteiger partial charge in [-0.3, -0.25) is 9.48 Å². The number of nitrogens with zero attached hydrogens (tertiary/aromatic N) is 2. The molecule has 0 radical (unpaired) electrons. The molecule has 0 aliphatic heterocycles. The van der Waals surface area contributed by atoms with Crippen LogP contribution in [-0.4, -0.2) is 22.2 Å². The van der Waals surface area contributed by atoms with Crippen LogP contribution in [0.5, 0.6) is 0 Å². The van der Waals surface area contributed by atoms with Crippen LogP contribution in [-0.2, 0) is 7.05 Å². The number of anilines is 1. The molecule has 1 saturated carbocycles. The Hall–Kier alpha value is -1.52. The van der Waals surface area contributed by atoms with Crippen LogP contribution in [0.2, 0.25) is 0 Å². The molecule has 1 unspecified atom stereocenters. The molecular weight excluding hydrogens is 240 g/mol. The highest BCUT2D eigenvalue weighted by molar-refractivity contribution is 5.99. The number of nitrogen functional groups attached to an aromatic ring is 1. The summed E-state index contributed by atoms with van der Waals surface area (Å²) in [5.74, 6) is 0.876. The van der Waals surface area contributed by atoms with Crippen molar-refractivity contribution in [2.45, 2.75) is 40.0 Å². The van der Waals surface area contributed by atoms with Gasteiger partial charge in [-0.1, -0.05) is 20.3 Å². The van der Waals surface area contributed by atoms with Crippen LogP contribution in [0.4, 0.5) is 5.82 Å². The molecule has 1 fully saturated rings. The van der Waals surface area contributed by atoms with E-state index < -0.39 is 0 Å². The third-order valence-electron chi connectivity index (χ3n) is 4.48. The highest BCUT2D eigenvalue weighted by atomic mass is 16.1. The Morgan fingerprint density at radius 3 is 2.74 bits per heavy atom. The minimum Gasteiger partial charge on any atom is -0.383 e. The van der Waals surface area contributed by atoms with Crippen LogP contribution in [0.3, 0.4) is 0 Å². The molecule has 5 heteroatoms. The SMILES string of the molecule is Cc1nn(C)c(N)c1C(=O)NCC1CCCC1(C)C. The Bertz CT molecular complexity index is 490. The number of hydrogen-bond acceptors (Lipinski definition) is 3. The van der Waals surface area contributed by atoms with E-state index in [0.717, 1.165) is 6.54 Å². The zero-order valence-electron chi connectivity index (χ0n) is 12.3. The third-order valence-corrected chi connectivity index (χ3v) is 4.48. The van der Waals surface area contributed by atoms with Crippen molar-refractivity contribution < 1.29 is 4.79 Å². The zero-order chi connectivity index (χ0) is 14.2. The third kappa shape index (κ3) is 2.60. The number of nitrogens with two attached hydrogens (primary N) is 1. The molecule has 0 saturated heterocycles. The number of aromatic nitrogens is 2. The fourth-order valence-corrected chi connectivity index (χ4v) is 3.04. The van der Waals surface area contributed by atoms with Gasteiger partial charge in [-0.15, -0.1) is 0 Å². The number of aryl methyl sites for hydroxylation is 2. The molecule has 0 bridgehead atoms. The van der Waals surface area contributed by atoms with Crippen LogP contribution in [0.1, 0.15) is 49.2 Å². The fourth-order valence-electron chi connectivity index (χ4n) is 3.04. The van der Waals surface area contributed by atoms with Crippen molar-refractivity contribution in [3.63, 3.8) is 0 Å². The van der Waals surface area contributed by atoms with Crippen LogP contribution in [0, 0.1) is 18.3 Å². The second-order valence-electron chi connectivity index (χ2n) is 6.26. The van der Waals surface area contributed by atoms with Gasteiger partial charge in [0.25, 0.3) is 5.91 Å². The summed E-state index contributed by atoms with van der Waals surface area (Å²) in [5.41, 5.74) is 7.40. The second kappa shape index (κ2) is 4.87. The van der Waals surface area contributed by atoms with Gasteiger partial charge in [0.1, 0.15) is 11.4 Å². The van der Waals surface area contributed by atoms with E-state index in [1.54, 1.807) is 11.7 Å². The number of rotatable bonds is 3. The quantitative estimate of drug-likeness (QED) is 0.875. The number of carbonyl (C=O) groups is 1. The lowest BCUT2D eigenvalue weighted by molar-refractivity contribution is 0.0937. The number of amides is 1. The van der Waals surface area contributed by atoms with E-state index in [4.69, 9.17) is 5.73 Å². The van der Waals surface area contributed by atoms with E-state index in [1.165, 1.54) is 19.3 Å². The van der Waals surface area contributed by atoms with Crippen LogP contribution in [0.25, 0.3) is 0 Å². The number of hydrogen-bond donors (Lipinski definition) is 2. The predicted molar refractivity (Wildman–Crippen MR) is 75.8 cm³/mol. The van der Waals surface area contributed by atoms with Crippen molar-refractivity contribution in [3.8, 4) is 0 Å². The summed E-state index contributed by atoms with van der Waals surface area (Å²) < 4.78 is 1.55. The van der Waals surface area contributed by atoms with Crippen molar-refractivity contribution >= 4 is 11.7 Å². The first kappa shape index (κ1) is 13.9. The van der Waals surface area contributed by atoms with Crippen LogP contribution in [0.15, 0.2) is 0 Å². The molecular formula is C14H24N4O. The van der Waals surface area contributed by atoms with E-state index in [9.17, 15) is 4.79 Å². The van der Waals surface area contributed by atoms with Gasteiger partial charge in [0.2, 0.25) is 0 Å². The summed E-state index contributed by atoms with van der Waals surface area (Å²) in [4.78, 5) is 12.2. The minimum atomic E-state index is -0.106. The first-order chi connectivity index (χ1) is 8.83. The Balaban J connectivity index is 2.02. The average molecular weight is 264 g/mol. The zero-order valence-corrected chi connectivity index (χ0v) is 12.3. The van der Waals surface area contributed by atoms with Crippen molar-refractivity contribution in [2.75, 3.05) is 12.3 Å². The van der Waals surface area contributed by atoms with E-state index in [2.05, 4.69) is 24.3 Å². The number of carbonyl (C=O) groups excluding carboxylic acids is 1. The van der Waals surface area contributed by atoms with Crippen molar-refractivity contribution in [3.05, 3.63) is 11.3 Å². The molecule has 5 nitrogen and oxygen atoms in total. The standard InChI is InChI=1S/C14H24N4O/c1-9-11(12(15)18(4)17-9)13(19)16-8-10-6-5-7-14(10,2)3/h10H,5-8,15H2,1-4H3,(H,16,19). The lowest BCUT2D eigenvalue weighted by atomic mass is 9.82. The highest BCUT2D eigenvalue weighted by Crippen LogP contribution is 2.42. The average Bonchev–Trinajstić information content (AvgIpc) is 2.77. The lowest BCUT2D eigenvalue weighted by Crippen LogP contribution is -2.34. The van der Waals surface area contributed by atoms with E-state index in [1.807, 2.05) is 6.92 Å². The molecule has 1 aromatic rings. The van der Waals surface area contributed by atoms with Crippen molar-refractivity contribution in [1.82, 2.24) is 15.1 Å². The number of nitrogens with one attached hydrogen (secondary N) is 1. The van der Waals surface area contributed by atoms with Crippen LogP contribution < -0.4 is 11.1 Å². The largest absolute Gasteiger partial charge is 0.383 e. The van der Waals surface area contributed by atoms with Gasteiger partial charge in [0.05, 0.1) is 5.69 Å². The van der Waals surface area contributed by atoms with Gasteiger partial charge in [0.15, 0.2) is 0 Å². The molecule has 3 N–H and O–H groups in total. The summed E-state index contributed by atoms with van der Waals surface area (Å²) >= 11 is 0.